The number of hydrogen-bond acceptors (Lipinski definition) is 4. The Labute approximate surface area is 90.4 Å². The molecule has 0 N–H and O–H groups in total. The standard InChI is InChI=1S/C11H19NO3/c1-7(2)5-9(13)11(12-15)10(14)6-8(3)4/h7-8,11H,5-6H2,1-4H3. The zero-order chi connectivity index (χ0) is 12.0. The summed E-state index contributed by atoms with van der Waals surface area (Å²) in [6.45, 7) is 7.47. The highest BCUT2D eigenvalue weighted by Crippen LogP contribution is 2.11. The van der Waals surface area contributed by atoms with Crippen LogP contribution in [0.1, 0.15) is 40.5 Å². The number of carbonyl (C=O) groups excluding carboxylic acids is 2. The third kappa shape index (κ3) is 5.40. The Morgan fingerprint density at radius 1 is 0.933 bits per heavy atom. The van der Waals surface area contributed by atoms with E-state index >= 15 is 0 Å². The first-order valence-electron chi connectivity index (χ1n) is 5.26. The van der Waals surface area contributed by atoms with Crippen molar-refractivity contribution in [2.24, 2.45) is 17.0 Å². The molecule has 4 nitrogen and oxygen atoms in total. The minimum Gasteiger partial charge on any atom is -0.297 e. The molecular weight excluding hydrogens is 194 g/mol. The fourth-order valence-corrected chi connectivity index (χ4v) is 1.33. The minimum absolute atomic E-state index is 0.147. The van der Waals surface area contributed by atoms with Crippen LogP contribution in [0.3, 0.4) is 0 Å². The topological polar surface area (TPSA) is 63.6 Å². The van der Waals surface area contributed by atoms with Gasteiger partial charge in [0.2, 0.25) is 6.04 Å². The molecule has 0 aromatic rings. The monoisotopic (exact) mass is 213 g/mol. The highest BCUT2D eigenvalue weighted by molar-refractivity contribution is 6.06. The molecule has 0 aliphatic heterocycles. The van der Waals surface area contributed by atoms with E-state index in [0.29, 0.717) is 0 Å². The van der Waals surface area contributed by atoms with Crippen LogP contribution in [0.2, 0.25) is 0 Å². The van der Waals surface area contributed by atoms with Gasteiger partial charge in [0.05, 0.1) is 0 Å². The Hall–Kier alpha value is -1.06. The third-order valence-electron chi connectivity index (χ3n) is 1.93. The van der Waals surface area contributed by atoms with Crippen molar-refractivity contribution in [2.75, 3.05) is 0 Å². The van der Waals surface area contributed by atoms with Gasteiger partial charge in [0.25, 0.3) is 0 Å². The van der Waals surface area contributed by atoms with E-state index in [1.165, 1.54) is 0 Å². The maximum atomic E-state index is 11.5. The van der Waals surface area contributed by atoms with E-state index in [-0.39, 0.29) is 36.2 Å². The van der Waals surface area contributed by atoms with Gasteiger partial charge in [-0.3, -0.25) is 9.59 Å². The van der Waals surface area contributed by atoms with Gasteiger partial charge in [-0.2, -0.15) is 0 Å². The van der Waals surface area contributed by atoms with E-state index in [1.807, 2.05) is 27.7 Å². The molecule has 0 atom stereocenters. The lowest BCUT2D eigenvalue weighted by Gasteiger charge is -2.10. The summed E-state index contributed by atoms with van der Waals surface area (Å²) in [5.74, 6) is -0.418. The molecule has 0 aromatic heterocycles. The first-order valence-corrected chi connectivity index (χ1v) is 5.26. The first kappa shape index (κ1) is 13.9. The first-order chi connectivity index (χ1) is 6.88. The molecule has 0 heterocycles. The van der Waals surface area contributed by atoms with Gasteiger partial charge in [0.1, 0.15) is 0 Å². The van der Waals surface area contributed by atoms with E-state index < -0.39 is 6.04 Å². The lowest BCUT2D eigenvalue weighted by molar-refractivity contribution is -0.129. The predicted octanol–water partition coefficient (Wildman–Crippen LogP) is 2.35. The van der Waals surface area contributed by atoms with E-state index in [4.69, 9.17) is 0 Å². The van der Waals surface area contributed by atoms with Crippen LogP contribution in [-0.4, -0.2) is 17.6 Å². The van der Waals surface area contributed by atoms with Crippen molar-refractivity contribution >= 4 is 11.6 Å². The summed E-state index contributed by atoms with van der Waals surface area (Å²) in [5, 5.41) is 2.64. The number of hydrogen-bond donors (Lipinski definition) is 0. The zero-order valence-electron chi connectivity index (χ0n) is 9.82. The summed E-state index contributed by atoms with van der Waals surface area (Å²) < 4.78 is 0. The van der Waals surface area contributed by atoms with Crippen molar-refractivity contribution in [2.45, 2.75) is 46.6 Å². The number of nitroso groups, excluding NO2 is 1. The van der Waals surface area contributed by atoms with Crippen LogP contribution >= 0.6 is 0 Å². The number of nitrogens with zero attached hydrogens (tertiary/aromatic N) is 1. The molecule has 0 aliphatic carbocycles. The number of carbonyl (C=O) groups is 2. The minimum atomic E-state index is -1.28. The molecule has 15 heavy (non-hydrogen) atoms. The summed E-state index contributed by atoms with van der Waals surface area (Å²) >= 11 is 0. The van der Waals surface area contributed by atoms with Gasteiger partial charge >= 0.3 is 0 Å². The molecule has 0 saturated heterocycles. The lowest BCUT2D eigenvalue weighted by atomic mass is 9.95. The highest BCUT2D eigenvalue weighted by Gasteiger charge is 2.27. The van der Waals surface area contributed by atoms with Crippen molar-refractivity contribution in [1.29, 1.82) is 0 Å². The van der Waals surface area contributed by atoms with Crippen molar-refractivity contribution < 1.29 is 9.59 Å². The van der Waals surface area contributed by atoms with Crippen LogP contribution in [0.25, 0.3) is 0 Å². The van der Waals surface area contributed by atoms with Gasteiger partial charge in [0, 0.05) is 12.8 Å². The molecule has 0 spiro atoms. The number of ketones is 2. The van der Waals surface area contributed by atoms with Crippen LogP contribution < -0.4 is 0 Å². The average molecular weight is 213 g/mol. The molecular formula is C11H19NO3. The molecule has 0 unspecified atom stereocenters. The zero-order valence-corrected chi connectivity index (χ0v) is 9.82. The van der Waals surface area contributed by atoms with Crippen LogP contribution in [-0.2, 0) is 9.59 Å². The Balaban J connectivity index is 4.41. The van der Waals surface area contributed by atoms with Gasteiger partial charge < -0.3 is 0 Å². The number of Topliss-reactive ketones (excluding diaryl/α,β-unsaturated/α-hetero) is 2. The highest BCUT2D eigenvalue weighted by atomic mass is 16.3. The van der Waals surface area contributed by atoms with Gasteiger partial charge in [-0.15, -0.1) is 4.91 Å². The molecule has 0 aromatic carbocycles. The fourth-order valence-electron chi connectivity index (χ4n) is 1.33. The predicted molar refractivity (Wildman–Crippen MR) is 58.5 cm³/mol. The molecule has 0 fully saturated rings. The molecule has 0 rings (SSSR count). The second-order valence-corrected chi connectivity index (χ2v) is 4.64. The average Bonchev–Trinajstić information content (AvgIpc) is 2.01. The Morgan fingerprint density at radius 3 is 1.47 bits per heavy atom. The Kier molecular flexibility index (Phi) is 5.97. The summed E-state index contributed by atoms with van der Waals surface area (Å²) in [7, 11) is 0. The quantitative estimate of drug-likeness (QED) is 0.481. The SMILES string of the molecule is CC(C)CC(=O)C(N=O)C(=O)CC(C)C. The fraction of sp³-hybridized carbons (Fsp3) is 0.818. The van der Waals surface area contributed by atoms with Crippen LogP contribution in [0.4, 0.5) is 0 Å². The van der Waals surface area contributed by atoms with Gasteiger partial charge in [-0.05, 0) is 11.8 Å². The van der Waals surface area contributed by atoms with Crippen LogP contribution in [0, 0.1) is 16.7 Å². The van der Waals surface area contributed by atoms with Crippen molar-refractivity contribution in [1.82, 2.24) is 0 Å². The molecule has 0 saturated carbocycles. The lowest BCUT2D eigenvalue weighted by Crippen LogP contribution is -2.29. The van der Waals surface area contributed by atoms with Crippen LogP contribution in [0.5, 0.6) is 0 Å². The third-order valence-corrected chi connectivity index (χ3v) is 1.93. The second kappa shape index (κ2) is 6.43. The van der Waals surface area contributed by atoms with Gasteiger partial charge in [0.15, 0.2) is 11.6 Å². The van der Waals surface area contributed by atoms with E-state index in [2.05, 4.69) is 5.18 Å². The van der Waals surface area contributed by atoms with Crippen molar-refractivity contribution in [3.63, 3.8) is 0 Å². The molecule has 0 bridgehead atoms. The molecule has 86 valence electrons. The molecule has 4 heteroatoms. The molecule has 0 radical (unpaired) electrons. The Morgan fingerprint density at radius 2 is 1.27 bits per heavy atom. The van der Waals surface area contributed by atoms with Crippen molar-refractivity contribution in [3.8, 4) is 0 Å². The normalized spacial score (nSPS) is 11.1. The van der Waals surface area contributed by atoms with Gasteiger partial charge in [-0.25, -0.2) is 0 Å². The second-order valence-electron chi connectivity index (χ2n) is 4.64. The largest absolute Gasteiger partial charge is 0.297 e. The summed E-state index contributed by atoms with van der Waals surface area (Å²) in [5.41, 5.74) is 0. The van der Waals surface area contributed by atoms with Crippen LogP contribution in [0.15, 0.2) is 5.18 Å². The van der Waals surface area contributed by atoms with Crippen molar-refractivity contribution in [3.05, 3.63) is 4.91 Å². The van der Waals surface area contributed by atoms with E-state index in [9.17, 15) is 14.5 Å². The molecule has 0 amide bonds. The smallest absolute Gasteiger partial charge is 0.208 e. The van der Waals surface area contributed by atoms with E-state index in [0.717, 1.165) is 0 Å². The summed E-state index contributed by atoms with van der Waals surface area (Å²) in [6.07, 6.45) is 0.473. The number of rotatable bonds is 7. The summed E-state index contributed by atoms with van der Waals surface area (Å²) in [4.78, 5) is 33.4. The van der Waals surface area contributed by atoms with E-state index in [1.54, 1.807) is 0 Å². The Bertz CT molecular complexity index is 224. The summed E-state index contributed by atoms with van der Waals surface area (Å²) in [6, 6.07) is -1.28. The maximum absolute atomic E-state index is 11.5. The maximum Gasteiger partial charge on any atom is 0.208 e. The van der Waals surface area contributed by atoms with Gasteiger partial charge in [-0.1, -0.05) is 32.9 Å². The molecule has 0 aliphatic rings.